The summed E-state index contributed by atoms with van der Waals surface area (Å²) in [5.74, 6) is -2.20. The SMILES string of the molecule is COC(=O)C1=C(C2CCN(S(=O)(=O)C[C@]3(C)CC[C@@H](C(=O)O)CC3)CC2)NC(c2nccs2)=NC1c1ccc(F)cc1Cl. The minimum atomic E-state index is -3.60. The van der Waals surface area contributed by atoms with Gasteiger partial charge in [0.25, 0.3) is 0 Å². The van der Waals surface area contributed by atoms with Gasteiger partial charge in [-0.25, -0.2) is 26.9 Å². The molecular formula is C29H34ClFN4O6S2. The van der Waals surface area contributed by atoms with Gasteiger partial charge in [-0.3, -0.25) is 9.79 Å². The van der Waals surface area contributed by atoms with Crippen LogP contribution in [0.1, 0.15) is 62.1 Å². The monoisotopic (exact) mass is 652 g/mol. The van der Waals surface area contributed by atoms with Crippen molar-refractivity contribution in [2.24, 2.45) is 22.2 Å². The van der Waals surface area contributed by atoms with Crippen molar-refractivity contribution in [1.29, 1.82) is 0 Å². The van der Waals surface area contributed by atoms with Crippen molar-refractivity contribution in [1.82, 2.24) is 14.6 Å². The molecule has 1 saturated carbocycles. The number of rotatable bonds is 8. The maximum atomic E-state index is 13.9. The number of esters is 1. The zero-order chi connectivity index (χ0) is 30.9. The number of aliphatic imine (C=N–C) groups is 1. The molecule has 0 bridgehead atoms. The molecule has 14 heteroatoms. The van der Waals surface area contributed by atoms with E-state index in [1.54, 1.807) is 11.6 Å². The first-order valence-corrected chi connectivity index (χ1v) is 17.0. The molecule has 232 valence electrons. The summed E-state index contributed by atoms with van der Waals surface area (Å²) >= 11 is 7.81. The van der Waals surface area contributed by atoms with Crippen molar-refractivity contribution in [3.63, 3.8) is 0 Å². The first kappa shape index (κ1) is 31.6. The van der Waals surface area contributed by atoms with Gasteiger partial charge in [-0.2, -0.15) is 0 Å². The van der Waals surface area contributed by atoms with E-state index in [9.17, 15) is 27.5 Å². The Morgan fingerprint density at radius 1 is 1.23 bits per heavy atom. The molecule has 2 aliphatic heterocycles. The molecule has 1 saturated heterocycles. The van der Waals surface area contributed by atoms with Crippen molar-refractivity contribution < 1.29 is 32.2 Å². The molecule has 2 N–H and O–H groups in total. The average molecular weight is 653 g/mol. The molecule has 0 spiro atoms. The summed E-state index contributed by atoms with van der Waals surface area (Å²) in [5, 5.41) is 15.1. The van der Waals surface area contributed by atoms with Crippen molar-refractivity contribution in [2.45, 2.75) is 51.5 Å². The van der Waals surface area contributed by atoms with Crippen LogP contribution in [0.2, 0.25) is 5.02 Å². The maximum absolute atomic E-state index is 13.9. The van der Waals surface area contributed by atoms with E-state index in [-0.39, 0.29) is 35.4 Å². The average Bonchev–Trinajstić information content (AvgIpc) is 3.51. The number of hydrogen-bond acceptors (Lipinski definition) is 9. The molecule has 5 rings (SSSR count). The third-order valence-corrected chi connectivity index (χ3v) is 12.0. The number of ether oxygens (including phenoxy) is 1. The largest absolute Gasteiger partial charge is 0.481 e. The Labute approximate surface area is 259 Å². The Morgan fingerprint density at radius 2 is 1.93 bits per heavy atom. The normalized spacial score (nSPS) is 25.6. The number of aromatic nitrogens is 1. The highest BCUT2D eigenvalue weighted by Gasteiger charge is 2.42. The van der Waals surface area contributed by atoms with Crippen LogP contribution in [-0.2, 0) is 24.3 Å². The molecule has 3 aliphatic rings. The molecule has 1 aromatic carbocycles. The van der Waals surface area contributed by atoms with E-state index < -0.39 is 45.2 Å². The minimum absolute atomic E-state index is 0.0304. The number of carboxylic acids is 1. The number of methoxy groups -OCH3 is 1. The fourth-order valence-corrected chi connectivity index (χ4v) is 9.26. The summed E-state index contributed by atoms with van der Waals surface area (Å²) in [4.78, 5) is 33.8. The van der Waals surface area contributed by atoms with Gasteiger partial charge in [0.1, 0.15) is 11.9 Å². The number of amidine groups is 1. The molecule has 0 radical (unpaired) electrons. The third kappa shape index (κ3) is 6.79. The highest BCUT2D eigenvalue weighted by atomic mass is 35.5. The second kappa shape index (κ2) is 12.6. The van der Waals surface area contributed by atoms with E-state index in [1.807, 2.05) is 6.92 Å². The molecule has 1 aromatic heterocycles. The van der Waals surface area contributed by atoms with Gasteiger partial charge in [0.2, 0.25) is 10.0 Å². The molecule has 2 fully saturated rings. The Kier molecular flexibility index (Phi) is 9.26. The van der Waals surface area contributed by atoms with Gasteiger partial charge in [-0.1, -0.05) is 24.6 Å². The van der Waals surface area contributed by atoms with Crippen LogP contribution >= 0.6 is 22.9 Å². The van der Waals surface area contributed by atoms with E-state index in [2.05, 4.69) is 10.3 Å². The third-order valence-electron chi connectivity index (χ3n) is 8.70. The standard InChI is InChI=1S/C29H34ClFN4O6S2/c1-29(9-5-18(6-10-29)27(36)37)16-43(39,40)35-12-7-17(8-13-35)23-22(28(38)41-2)24(20-4-3-19(31)15-21(20)30)34-25(33-23)26-32-11-14-42-26/h3-4,11,14-15,17-18,24H,5-10,12-13,16H2,1-2H3,(H,33,34)(H,36,37)/t18-,24?,29-. The molecule has 1 atom stereocenters. The lowest BCUT2D eigenvalue weighted by molar-refractivity contribution is -0.143. The zero-order valence-electron chi connectivity index (χ0n) is 23.9. The van der Waals surface area contributed by atoms with Gasteiger partial charge in [-0.05, 0) is 56.1 Å². The quantitative estimate of drug-likeness (QED) is 0.389. The first-order valence-electron chi connectivity index (χ1n) is 14.1. The molecule has 2 aromatic rings. The van der Waals surface area contributed by atoms with Gasteiger partial charge in [0.15, 0.2) is 10.8 Å². The summed E-state index contributed by atoms with van der Waals surface area (Å²) in [6.45, 7) is 2.44. The van der Waals surface area contributed by atoms with Crippen LogP contribution in [0, 0.1) is 23.1 Å². The van der Waals surface area contributed by atoms with E-state index in [1.165, 1.54) is 41.0 Å². The zero-order valence-corrected chi connectivity index (χ0v) is 26.3. The number of piperidine rings is 1. The summed E-state index contributed by atoms with van der Waals surface area (Å²) in [7, 11) is -2.33. The van der Waals surface area contributed by atoms with Gasteiger partial charge in [-0.15, -0.1) is 11.3 Å². The number of halogens is 2. The predicted molar refractivity (Wildman–Crippen MR) is 161 cm³/mol. The predicted octanol–water partition coefficient (Wildman–Crippen LogP) is 4.78. The molecular weight excluding hydrogens is 619 g/mol. The number of carbonyl (C=O) groups is 2. The van der Waals surface area contributed by atoms with Crippen LogP contribution in [-0.4, -0.2) is 66.5 Å². The van der Waals surface area contributed by atoms with Crippen LogP contribution in [0.25, 0.3) is 0 Å². The molecule has 1 aliphatic carbocycles. The fraction of sp³-hybridized carbons (Fsp3) is 0.517. The van der Waals surface area contributed by atoms with E-state index in [0.717, 1.165) is 0 Å². The number of thiazole rings is 1. The van der Waals surface area contributed by atoms with Crippen LogP contribution in [0.3, 0.4) is 0 Å². The second-order valence-electron chi connectivity index (χ2n) is 11.7. The van der Waals surface area contributed by atoms with Gasteiger partial charge >= 0.3 is 11.9 Å². The van der Waals surface area contributed by atoms with Gasteiger partial charge < -0.3 is 15.2 Å². The van der Waals surface area contributed by atoms with Crippen LogP contribution in [0.15, 0.2) is 46.0 Å². The van der Waals surface area contributed by atoms with Crippen LogP contribution in [0.4, 0.5) is 4.39 Å². The Morgan fingerprint density at radius 3 is 2.51 bits per heavy atom. The van der Waals surface area contributed by atoms with E-state index in [0.29, 0.717) is 60.6 Å². The lowest BCUT2D eigenvalue weighted by atomic mass is 9.73. The number of carboxylic acid groups (broad SMARTS) is 1. The summed E-state index contributed by atoms with van der Waals surface area (Å²) in [6.07, 6.45) is 4.56. The molecule has 1 unspecified atom stereocenters. The topological polar surface area (TPSA) is 138 Å². The number of nitrogens with one attached hydrogen (secondary N) is 1. The molecule has 0 amide bonds. The van der Waals surface area contributed by atoms with Crippen molar-refractivity contribution in [3.8, 4) is 0 Å². The lowest BCUT2D eigenvalue weighted by Gasteiger charge is -2.39. The summed E-state index contributed by atoms with van der Waals surface area (Å²) in [5.41, 5.74) is 0.754. The van der Waals surface area contributed by atoms with E-state index >= 15 is 0 Å². The highest BCUT2D eigenvalue weighted by molar-refractivity contribution is 7.89. The van der Waals surface area contributed by atoms with Gasteiger partial charge in [0.05, 0.1) is 24.4 Å². The summed E-state index contributed by atoms with van der Waals surface area (Å²) < 4.78 is 47.7. The van der Waals surface area contributed by atoms with Crippen LogP contribution < -0.4 is 5.32 Å². The fourth-order valence-electron chi connectivity index (χ4n) is 6.28. The maximum Gasteiger partial charge on any atom is 0.338 e. The number of aliphatic carboxylic acids is 1. The van der Waals surface area contributed by atoms with Crippen LogP contribution in [0.5, 0.6) is 0 Å². The Hall–Kier alpha value is -2.87. The molecule has 43 heavy (non-hydrogen) atoms. The minimum Gasteiger partial charge on any atom is -0.481 e. The number of benzene rings is 1. The van der Waals surface area contributed by atoms with Gasteiger partial charge in [0, 0.05) is 46.9 Å². The van der Waals surface area contributed by atoms with Crippen molar-refractivity contribution in [2.75, 3.05) is 26.0 Å². The Bertz CT molecular complexity index is 1550. The number of sulfonamides is 1. The van der Waals surface area contributed by atoms with E-state index in [4.69, 9.17) is 21.3 Å². The number of hydrogen-bond donors (Lipinski definition) is 2. The van der Waals surface area contributed by atoms with Crippen molar-refractivity contribution in [3.05, 3.63) is 62.5 Å². The summed E-state index contributed by atoms with van der Waals surface area (Å²) in [6, 6.07) is 3.04. The smallest absolute Gasteiger partial charge is 0.338 e. The second-order valence-corrected chi connectivity index (χ2v) is 15.0. The lowest BCUT2D eigenvalue weighted by Crippen LogP contribution is -2.46. The molecule has 3 heterocycles. The number of nitrogens with zero attached hydrogens (tertiary/aromatic N) is 3. The highest BCUT2D eigenvalue weighted by Crippen LogP contribution is 2.42. The Balaban J connectivity index is 1.40. The molecule has 10 nitrogen and oxygen atoms in total. The van der Waals surface area contributed by atoms with Crippen molar-refractivity contribution >= 4 is 50.7 Å². The number of allylic oxidation sites excluding steroid dienone is 1. The number of carbonyl (C=O) groups excluding carboxylic acids is 1. The first-order chi connectivity index (χ1) is 20.4.